The Morgan fingerprint density at radius 2 is 2.04 bits per heavy atom. The zero-order chi connectivity index (χ0) is 19.4. The van der Waals surface area contributed by atoms with Crippen LogP contribution in [0.4, 0.5) is 5.69 Å². The third kappa shape index (κ3) is 4.59. The van der Waals surface area contributed by atoms with Crippen molar-refractivity contribution in [2.75, 3.05) is 65.4 Å². The fourth-order valence-corrected chi connectivity index (χ4v) is 3.88. The second-order valence-electron chi connectivity index (χ2n) is 7.47. The van der Waals surface area contributed by atoms with Gasteiger partial charge in [0.25, 0.3) is 0 Å². The van der Waals surface area contributed by atoms with Gasteiger partial charge in [0.15, 0.2) is 0 Å². The van der Waals surface area contributed by atoms with Crippen LogP contribution in [-0.2, 0) is 9.59 Å². The van der Waals surface area contributed by atoms with Crippen molar-refractivity contribution < 1.29 is 14.3 Å². The molecule has 2 aliphatic rings. The Labute approximate surface area is 161 Å². The van der Waals surface area contributed by atoms with E-state index in [1.54, 1.807) is 16.9 Å². The van der Waals surface area contributed by atoms with Gasteiger partial charge in [0, 0.05) is 38.6 Å². The summed E-state index contributed by atoms with van der Waals surface area (Å²) < 4.78 is 5.36. The highest BCUT2D eigenvalue weighted by Crippen LogP contribution is 2.28. The van der Waals surface area contributed by atoms with Crippen molar-refractivity contribution >= 4 is 17.5 Å². The quantitative estimate of drug-likeness (QED) is 0.740. The highest BCUT2D eigenvalue weighted by molar-refractivity contribution is 5.99. The van der Waals surface area contributed by atoms with Gasteiger partial charge < -0.3 is 24.3 Å². The predicted molar refractivity (Wildman–Crippen MR) is 105 cm³/mol. The first kappa shape index (κ1) is 19.6. The van der Waals surface area contributed by atoms with E-state index in [1.165, 1.54) is 0 Å². The second-order valence-corrected chi connectivity index (χ2v) is 7.47. The number of piperazine rings is 1. The van der Waals surface area contributed by atoms with Crippen molar-refractivity contribution in [3.8, 4) is 5.75 Å². The van der Waals surface area contributed by atoms with E-state index < -0.39 is 0 Å². The van der Waals surface area contributed by atoms with Gasteiger partial charge in [-0.15, -0.1) is 0 Å². The summed E-state index contributed by atoms with van der Waals surface area (Å²) in [5, 5.41) is 0. The topological polar surface area (TPSA) is 56.3 Å². The lowest BCUT2D eigenvalue weighted by molar-refractivity contribution is -0.137. The van der Waals surface area contributed by atoms with Gasteiger partial charge in [0.05, 0.1) is 12.8 Å². The molecule has 0 radical (unpaired) electrons. The zero-order valence-electron chi connectivity index (χ0n) is 16.6. The summed E-state index contributed by atoms with van der Waals surface area (Å²) in [5.41, 5.74) is 0.766. The van der Waals surface area contributed by atoms with Crippen LogP contribution in [-0.4, -0.2) is 93.0 Å². The molecule has 2 saturated heterocycles. The van der Waals surface area contributed by atoms with Gasteiger partial charge in [0.2, 0.25) is 11.8 Å². The van der Waals surface area contributed by atoms with Gasteiger partial charge in [0.1, 0.15) is 12.3 Å². The van der Waals surface area contributed by atoms with Crippen molar-refractivity contribution in [1.82, 2.24) is 14.7 Å². The number of benzene rings is 1. The van der Waals surface area contributed by atoms with Crippen LogP contribution in [0.15, 0.2) is 24.3 Å². The van der Waals surface area contributed by atoms with Gasteiger partial charge in [-0.3, -0.25) is 9.59 Å². The zero-order valence-corrected chi connectivity index (χ0v) is 16.6. The fraction of sp³-hybridized carbons (Fsp3) is 0.600. The molecule has 27 heavy (non-hydrogen) atoms. The molecule has 2 heterocycles. The van der Waals surface area contributed by atoms with E-state index in [0.29, 0.717) is 31.3 Å². The first-order valence-corrected chi connectivity index (χ1v) is 9.59. The Bertz CT molecular complexity index is 681. The Hall–Kier alpha value is -2.12. The van der Waals surface area contributed by atoms with Gasteiger partial charge in [-0.05, 0) is 39.2 Å². The lowest BCUT2D eigenvalue weighted by Gasteiger charge is -2.35. The normalized spacial score (nSPS) is 21.2. The van der Waals surface area contributed by atoms with Crippen LogP contribution in [0.3, 0.4) is 0 Å². The lowest BCUT2D eigenvalue weighted by atomic mass is 10.2. The van der Waals surface area contributed by atoms with Crippen molar-refractivity contribution in [3.05, 3.63) is 24.3 Å². The van der Waals surface area contributed by atoms with Crippen LogP contribution in [0, 0.1) is 0 Å². The van der Waals surface area contributed by atoms with Crippen LogP contribution in [0.25, 0.3) is 0 Å². The molecule has 2 amide bonds. The molecule has 7 nitrogen and oxygen atoms in total. The number of likely N-dealkylation sites (N-methyl/N-ethyl adjacent to an activating group) is 2. The number of carbonyl (C=O) groups is 2. The number of carbonyl (C=O) groups excluding carboxylic acids is 2. The number of para-hydroxylation sites is 2. The van der Waals surface area contributed by atoms with Crippen molar-refractivity contribution in [2.45, 2.75) is 18.9 Å². The number of ether oxygens (including phenoxy) is 1. The minimum absolute atomic E-state index is 0.0567. The first-order valence-electron chi connectivity index (χ1n) is 9.59. The summed E-state index contributed by atoms with van der Waals surface area (Å²) in [6.45, 7) is 4.08. The molecule has 0 N–H and O–H groups in total. The maximum atomic E-state index is 12.6. The number of anilines is 1. The molecule has 148 valence electrons. The van der Waals surface area contributed by atoms with E-state index in [4.69, 9.17) is 4.74 Å². The number of nitrogens with zero attached hydrogens (tertiary/aromatic N) is 4. The van der Waals surface area contributed by atoms with Crippen molar-refractivity contribution in [1.29, 1.82) is 0 Å². The maximum Gasteiger partial charge on any atom is 0.246 e. The number of hydrogen-bond acceptors (Lipinski definition) is 5. The smallest absolute Gasteiger partial charge is 0.246 e. The molecule has 2 fully saturated rings. The van der Waals surface area contributed by atoms with E-state index >= 15 is 0 Å². The molecule has 2 aliphatic heterocycles. The number of rotatable bonds is 6. The fourth-order valence-electron chi connectivity index (χ4n) is 3.88. The van der Waals surface area contributed by atoms with E-state index in [0.717, 1.165) is 31.7 Å². The molecule has 0 unspecified atom stereocenters. The Balaban J connectivity index is 1.51. The molecule has 0 spiro atoms. The molecule has 0 bridgehead atoms. The van der Waals surface area contributed by atoms with E-state index in [1.807, 2.05) is 24.3 Å². The third-order valence-electron chi connectivity index (χ3n) is 5.62. The minimum Gasteiger partial charge on any atom is -0.495 e. The van der Waals surface area contributed by atoms with E-state index in [9.17, 15) is 9.59 Å². The van der Waals surface area contributed by atoms with E-state index in [2.05, 4.69) is 23.9 Å². The number of amides is 2. The Morgan fingerprint density at radius 3 is 2.70 bits per heavy atom. The monoisotopic (exact) mass is 374 g/mol. The van der Waals surface area contributed by atoms with Gasteiger partial charge in [-0.25, -0.2) is 0 Å². The molecule has 1 aromatic carbocycles. The van der Waals surface area contributed by atoms with Crippen LogP contribution in [0.2, 0.25) is 0 Å². The number of likely N-dealkylation sites (tertiary alicyclic amines) is 1. The average molecular weight is 374 g/mol. The molecule has 0 aliphatic carbocycles. The molecule has 1 aromatic rings. The van der Waals surface area contributed by atoms with Crippen molar-refractivity contribution in [3.63, 3.8) is 0 Å². The molecule has 0 saturated carbocycles. The van der Waals surface area contributed by atoms with Gasteiger partial charge in [-0.1, -0.05) is 12.1 Å². The summed E-state index contributed by atoms with van der Waals surface area (Å²) >= 11 is 0. The highest BCUT2D eigenvalue weighted by Gasteiger charge is 2.30. The van der Waals surface area contributed by atoms with Crippen LogP contribution in [0.1, 0.15) is 12.8 Å². The minimum atomic E-state index is -0.0649. The molecule has 7 heteroatoms. The van der Waals surface area contributed by atoms with Gasteiger partial charge >= 0.3 is 0 Å². The lowest BCUT2D eigenvalue weighted by Crippen LogP contribution is -2.53. The summed E-state index contributed by atoms with van der Waals surface area (Å²) in [5.74, 6) is 0.667. The van der Waals surface area contributed by atoms with E-state index in [-0.39, 0.29) is 18.4 Å². The number of hydrogen-bond donors (Lipinski definition) is 0. The highest BCUT2D eigenvalue weighted by atomic mass is 16.5. The molecule has 1 atom stereocenters. The third-order valence-corrected chi connectivity index (χ3v) is 5.62. The SMILES string of the molecule is COc1ccccc1N1CCN(C(=O)CCN(C)[C@@H]2CCN(C)C2)CC1=O. The average Bonchev–Trinajstić information content (AvgIpc) is 3.12. The van der Waals surface area contributed by atoms with Crippen LogP contribution >= 0.6 is 0 Å². The maximum absolute atomic E-state index is 12.6. The number of methoxy groups -OCH3 is 1. The second kappa shape index (κ2) is 8.71. The molecule has 3 rings (SSSR count). The summed E-state index contributed by atoms with van der Waals surface area (Å²) in [4.78, 5) is 33.2. The van der Waals surface area contributed by atoms with Gasteiger partial charge in [-0.2, -0.15) is 0 Å². The largest absolute Gasteiger partial charge is 0.495 e. The predicted octanol–water partition coefficient (Wildman–Crippen LogP) is 0.896. The molecular weight excluding hydrogens is 344 g/mol. The first-order chi connectivity index (χ1) is 13.0. The molecule has 0 aromatic heterocycles. The Morgan fingerprint density at radius 1 is 1.26 bits per heavy atom. The Kier molecular flexibility index (Phi) is 6.34. The standard InChI is InChI=1S/C20H30N4O3/c1-21-10-8-16(14-21)22(2)11-9-19(25)23-12-13-24(20(26)15-23)17-6-4-5-7-18(17)27-3/h4-7,16H,8-15H2,1-3H3/t16-/m1/s1. The summed E-state index contributed by atoms with van der Waals surface area (Å²) in [6, 6.07) is 8.01. The van der Waals surface area contributed by atoms with Crippen LogP contribution in [0.5, 0.6) is 5.75 Å². The van der Waals surface area contributed by atoms with Crippen LogP contribution < -0.4 is 9.64 Å². The summed E-state index contributed by atoms with van der Waals surface area (Å²) in [7, 11) is 5.81. The summed E-state index contributed by atoms with van der Waals surface area (Å²) in [6.07, 6.45) is 1.61. The molecular formula is C20H30N4O3. The van der Waals surface area contributed by atoms with Crippen molar-refractivity contribution in [2.24, 2.45) is 0 Å².